The molecule has 1 aromatic carbocycles. The van der Waals surface area contributed by atoms with Gasteiger partial charge in [-0.1, -0.05) is 26.0 Å². The number of para-hydroxylation sites is 1. The number of amides is 1. The average molecular weight is 445 g/mol. The number of aromatic nitrogens is 2. The van der Waals surface area contributed by atoms with Crippen LogP contribution in [0.2, 0.25) is 0 Å². The zero-order valence-electron chi connectivity index (χ0n) is 17.9. The Balaban J connectivity index is 1.59. The molecule has 8 nitrogen and oxygen atoms in total. The second-order valence-corrected chi connectivity index (χ2v) is 10.8. The van der Waals surface area contributed by atoms with Crippen molar-refractivity contribution >= 4 is 15.9 Å². The number of fused-ring (bicyclic) bond motifs is 1. The Morgan fingerprint density at radius 3 is 2.58 bits per heavy atom. The first kappa shape index (κ1) is 21.7. The number of nitrogens with zero attached hydrogens (tertiary/aromatic N) is 4. The van der Waals surface area contributed by atoms with Gasteiger partial charge in [-0.3, -0.25) is 4.79 Å². The number of carbonyl (C=O) groups is 1. The number of piperidine rings is 1. The Kier molecular flexibility index (Phi) is 5.98. The van der Waals surface area contributed by atoms with Gasteiger partial charge in [0.25, 0.3) is 5.91 Å². The summed E-state index contributed by atoms with van der Waals surface area (Å²) in [6, 6.07) is 8.50. The van der Waals surface area contributed by atoms with E-state index in [-0.39, 0.29) is 22.1 Å². The summed E-state index contributed by atoms with van der Waals surface area (Å²) in [5, 5.41) is 7.52. The topological polar surface area (TPSA) is 92.7 Å². The Morgan fingerprint density at radius 2 is 1.90 bits per heavy atom. The Bertz CT molecular complexity index is 1030. The van der Waals surface area contributed by atoms with Gasteiger partial charge in [0.2, 0.25) is 10.0 Å². The molecule has 0 unspecified atom stereocenters. The quantitative estimate of drug-likeness (QED) is 0.722. The summed E-state index contributed by atoms with van der Waals surface area (Å²) in [6.07, 6.45) is 4.32. The minimum atomic E-state index is -3.67. The summed E-state index contributed by atoms with van der Waals surface area (Å²) < 4.78 is 34.6. The molecular weight excluding hydrogens is 416 g/mol. The predicted octanol–water partition coefficient (Wildman–Crippen LogP) is 2.44. The summed E-state index contributed by atoms with van der Waals surface area (Å²) in [4.78, 5) is 14.8. The average Bonchev–Trinajstić information content (AvgIpc) is 2.77. The van der Waals surface area contributed by atoms with E-state index in [1.165, 1.54) is 12.4 Å². The molecule has 0 radical (unpaired) electrons. The highest BCUT2D eigenvalue weighted by molar-refractivity contribution is 7.89. The fourth-order valence-corrected chi connectivity index (χ4v) is 6.16. The zero-order chi connectivity index (χ0) is 22.1. The molecule has 4 rings (SSSR count). The van der Waals surface area contributed by atoms with Gasteiger partial charge in [0.15, 0.2) is 0 Å². The van der Waals surface area contributed by atoms with Crippen molar-refractivity contribution in [3.8, 4) is 5.75 Å². The van der Waals surface area contributed by atoms with E-state index in [1.54, 1.807) is 39.5 Å². The van der Waals surface area contributed by atoms with Gasteiger partial charge in [-0.05, 0) is 37.0 Å². The van der Waals surface area contributed by atoms with Crippen LogP contribution in [0.4, 0.5) is 0 Å². The molecule has 1 aromatic heterocycles. The van der Waals surface area contributed by atoms with Crippen LogP contribution in [0.3, 0.4) is 0 Å². The molecule has 1 fully saturated rings. The van der Waals surface area contributed by atoms with E-state index < -0.39 is 10.0 Å². The van der Waals surface area contributed by atoms with Crippen LogP contribution in [0.15, 0.2) is 47.6 Å². The molecule has 0 aliphatic carbocycles. The van der Waals surface area contributed by atoms with Crippen LogP contribution in [-0.4, -0.2) is 66.5 Å². The first-order valence-corrected chi connectivity index (χ1v) is 12.0. The molecule has 0 saturated carbocycles. The maximum absolute atomic E-state index is 13.5. The molecule has 0 N–H and O–H groups in total. The van der Waals surface area contributed by atoms with Crippen LogP contribution in [0.25, 0.3) is 0 Å². The zero-order valence-corrected chi connectivity index (χ0v) is 18.7. The highest BCUT2D eigenvalue weighted by Crippen LogP contribution is 2.39. The normalized spacial score (nSPS) is 20.5. The predicted molar refractivity (Wildman–Crippen MR) is 115 cm³/mol. The van der Waals surface area contributed by atoms with Crippen LogP contribution in [-0.2, 0) is 10.0 Å². The van der Waals surface area contributed by atoms with Crippen molar-refractivity contribution in [1.82, 2.24) is 19.4 Å². The number of carbonyl (C=O) groups excluding carboxylic acids is 1. The van der Waals surface area contributed by atoms with E-state index in [4.69, 9.17) is 4.74 Å². The van der Waals surface area contributed by atoms with Crippen molar-refractivity contribution in [3.05, 3.63) is 48.3 Å². The highest BCUT2D eigenvalue weighted by atomic mass is 32.2. The number of benzene rings is 1. The maximum Gasteiger partial charge on any atom is 0.255 e. The first-order valence-electron chi connectivity index (χ1n) is 10.6. The van der Waals surface area contributed by atoms with Crippen molar-refractivity contribution in [2.45, 2.75) is 31.6 Å². The first-order chi connectivity index (χ1) is 14.8. The van der Waals surface area contributed by atoms with Gasteiger partial charge in [-0.15, -0.1) is 0 Å². The summed E-state index contributed by atoms with van der Waals surface area (Å²) in [6.45, 7) is 6.39. The van der Waals surface area contributed by atoms with Crippen LogP contribution in [0.1, 0.15) is 37.0 Å². The van der Waals surface area contributed by atoms with Gasteiger partial charge in [-0.25, -0.2) is 8.42 Å². The van der Waals surface area contributed by atoms with Crippen molar-refractivity contribution in [1.29, 1.82) is 0 Å². The van der Waals surface area contributed by atoms with Crippen molar-refractivity contribution in [2.24, 2.45) is 11.3 Å². The summed E-state index contributed by atoms with van der Waals surface area (Å²) in [5.74, 6) is 0.519. The van der Waals surface area contributed by atoms with Gasteiger partial charge in [0.05, 0.1) is 24.6 Å². The number of rotatable bonds is 3. The Morgan fingerprint density at radius 1 is 1.16 bits per heavy atom. The molecule has 2 aliphatic rings. The second kappa shape index (κ2) is 8.55. The molecule has 31 heavy (non-hydrogen) atoms. The third kappa shape index (κ3) is 4.43. The molecule has 0 atom stereocenters. The molecule has 3 heterocycles. The minimum Gasteiger partial charge on any atom is -0.492 e. The smallest absolute Gasteiger partial charge is 0.255 e. The molecule has 1 amide bonds. The van der Waals surface area contributed by atoms with E-state index >= 15 is 0 Å². The van der Waals surface area contributed by atoms with Gasteiger partial charge in [0, 0.05) is 31.6 Å². The van der Waals surface area contributed by atoms with E-state index in [0.29, 0.717) is 56.9 Å². The lowest BCUT2D eigenvalue weighted by molar-refractivity contribution is 0.0290. The molecule has 9 heteroatoms. The monoisotopic (exact) mass is 444 g/mol. The number of ether oxygens (including phenoxy) is 1. The van der Waals surface area contributed by atoms with Crippen LogP contribution >= 0.6 is 0 Å². The summed E-state index contributed by atoms with van der Waals surface area (Å²) in [7, 11) is -3.67. The summed E-state index contributed by atoms with van der Waals surface area (Å²) in [5.41, 5.74) is 0.167. The van der Waals surface area contributed by atoms with Crippen molar-refractivity contribution in [3.63, 3.8) is 0 Å². The lowest BCUT2D eigenvalue weighted by Gasteiger charge is -2.45. The van der Waals surface area contributed by atoms with Crippen molar-refractivity contribution < 1.29 is 17.9 Å². The second-order valence-electron chi connectivity index (χ2n) is 8.85. The number of likely N-dealkylation sites (tertiary alicyclic amines) is 1. The fraction of sp³-hybridized carbons (Fsp3) is 0.500. The van der Waals surface area contributed by atoms with E-state index in [9.17, 15) is 13.2 Å². The maximum atomic E-state index is 13.5. The number of hydrogen-bond acceptors (Lipinski definition) is 6. The third-order valence-electron chi connectivity index (χ3n) is 6.02. The van der Waals surface area contributed by atoms with E-state index in [2.05, 4.69) is 10.2 Å². The lowest BCUT2D eigenvalue weighted by Crippen LogP contribution is -2.53. The molecule has 2 aromatic rings. The molecule has 2 aliphatic heterocycles. The molecule has 0 bridgehead atoms. The lowest BCUT2D eigenvalue weighted by atomic mass is 9.78. The van der Waals surface area contributed by atoms with Gasteiger partial charge >= 0.3 is 0 Å². The van der Waals surface area contributed by atoms with E-state index in [1.807, 2.05) is 13.8 Å². The SMILES string of the molecule is CC(C)CN1CC2(CCN(C(=O)c3ccnnc3)CC2)COc2ccccc2S1(=O)=O. The van der Waals surface area contributed by atoms with Crippen LogP contribution in [0.5, 0.6) is 5.75 Å². The van der Waals surface area contributed by atoms with Crippen molar-refractivity contribution in [2.75, 3.05) is 32.8 Å². The number of sulfonamides is 1. The van der Waals surface area contributed by atoms with E-state index in [0.717, 1.165) is 0 Å². The Hall–Kier alpha value is -2.52. The molecular formula is C22H28N4O4S. The van der Waals surface area contributed by atoms with Crippen LogP contribution < -0.4 is 4.74 Å². The molecule has 1 spiro atoms. The molecule has 166 valence electrons. The van der Waals surface area contributed by atoms with Crippen LogP contribution in [0, 0.1) is 11.3 Å². The minimum absolute atomic E-state index is 0.0754. The van der Waals surface area contributed by atoms with Gasteiger partial charge < -0.3 is 9.64 Å². The van der Waals surface area contributed by atoms with Gasteiger partial charge in [0.1, 0.15) is 10.6 Å². The van der Waals surface area contributed by atoms with Gasteiger partial charge in [-0.2, -0.15) is 14.5 Å². The Labute approximate surface area is 183 Å². The highest BCUT2D eigenvalue weighted by Gasteiger charge is 2.43. The largest absolute Gasteiger partial charge is 0.492 e. The molecule has 1 saturated heterocycles. The third-order valence-corrected chi connectivity index (χ3v) is 7.87. The standard InChI is InChI=1S/C22H28N4O4S/c1-17(2)14-26-15-22(16-30-19-5-3-4-6-20(19)31(26,28)29)8-11-25(12-9-22)21(27)18-7-10-23-24-13-18/h3-7,10,13,17H,8-9,11-12,14-16H2,1-2H3. The number of hydrogen-bond donors (Lipinski definition) is 0. The summed E-state index contributed by atoms with van der Waals surface area (Å²) >= 11 is 0. The fourth-order valence-electron chi connectivity index (χ4n) is 4.31.